The second-order valence-electron chi connectivity index (χ2n) is 4.73. The fraction of sp³-hybridized carbons (Fsp3) is 0.667. The number of carbonyl (C=O) groups excluding carboxylic acids is 1. The lowest BCUT2D eigenvalue weighted by molar-refractivity contribution is -0.145. The second-order valence-corrected chi connectivity index (χ2v) is 4.73. The molecule has 1 aliphatic heterocycles. The van der Waals surface area contributed by atoms with Gasteiger partial charge in [-0.2, -0.15) is 0 Å². The van der Waals surface area contributed by atoms with Gasteiger partial charge < -0.3 is 10.0 Å². The van der Waals surface area contributed by atoms with Crippen molar-refractivity contribution in [2.45, 2.75) is 25.7 Å². The predicted octanol–water partition coefficient (Wildman–Crippen LogP) is 1.28. The number of nitrogens with zero attached hydrogens (tertiary/aromatic N) is 1. The molecule has 1 saturated heterocycles. The van der Waals surface area contributed by atoms with E-state index < -0.39 is 5.97 Å². The summed E-state index contributed by atoms with van der Waals surface area (Å²) >= 11 is 0. The molecule has 0 spiro atoms. The minimum absolute atomic E-state index is 0.167. The van der Waals surface area contributed by atoms with Crippen molar-refractivity contribution in [3.63, 3.8) is 0 Å². The zero-order valence-corrected chi connectivity index (χ0v) is 9.26. The largest absolute Gasteiger partial charge is 0.481 e. The number of hydrogen-bond donors (Lipinski definition) is 1. The molecule has 1 N–H and O–H groups in total. The number of carboxylic acid groups (broad SMARTS) is 1. The summed E-state index contributed by atoms with van der Waals surface area (Å²) in [5, 5.41) is 8.59. The van der Waals surface area contributed by atoms with Crippen LogP contribution < -0.4 is 0 Å². The zero-order valence-electron chi connectivity index (χ0n) is 9.26. The van der Waals surface area contributed by atoms with Crippen molar-refractivity contribution in [2.24, 2.45) is 11.8 Å². The summed E-state index contributed by atoms with van der Waals surface area (Å²) in [5.74, 6) is -0.0133. The Bertz CT molecular complexity index is 318. The minimum atomic E-state index is -0.768. The molecular formula is C12H17NO3. The van der Waals surface area contributed by atoms with Gasteiger partial charge in [-0.3, -0.25) is 9.59 Å². The van der Waals surface area contributed by atoms with E-state index >= 15 is 0 Å². The van der Waals surface area contributed by atoms with Gasteiger partial charge >= 0.3 is 5.97 Å². The maximum atomic E-state index is 11.8. The van der Waals surface area contributed by atoms with Gasteiger partial charge in [0.05, 0.1) is 6.42 Å². The molecule has 16 heavy (non-hydrogen) atoms. The van der Waals surface area contributed by atoms with Crippen molar-refractivity contribution in [1.82, 2.24) is 4.90 Å². The van der Waals surface area contributed by atoms with E-state index in [4.69, 9.17) is 5.11 Å². The van der Waals surface area contributed by atoms with Gasteiger partial charge in [0.25, 0.3) is 0 Å². The van der Waals surface area contributed by atoms with Crippen LogP contribution in [0.15, 0.2) is 12.2 Å². The summed E-state index contributed by atoms with van der Waals surface area (Å²) in [4.78, 5) is 24.0. The topological polar surface area (TPSA) is 57.6 Å². The number of aliphatic carboxylic acids is 1. The summed E-state index contributed by atoms with van der Waals surface area (Å²) in [7, 11) is 0. The molecule has 1 unspecified atom stereocenters. The molecule has 1 fully saturated rings. The van der Waals surface area contributed by atoms with Gasteiger partial charge in [-0.25, -0.2) is 0 Å². The Labute approximate surface area is 94.9 Å². The van der Waals surface area contributed by atoms with E-state index in [0.29, 0.717) is 25.4 Å². The van der Waals surface area contributed by atoms with E-state index in [1.165, 1.54) is 0 Å². The van der Waals surface area contributed by atoms with E-state index in [2.05, 4.69) is 12.2 Å². The van der Waals surface area contributed by atoms with Gasteiger partial charge in [0, 0.05) is 25.4 Å². The quantitative estimate of drug-likeness (QED) is 0.730. The lowest BCUT2D eigenvalue weighted by Crippen LogP contribution is -2.50. The predicted molar refractivity (Wildman–Crippen MR) is 58.8 cm³/mol. The summed E-state index contributed by atoms with van der Waals surface area (Å²) in [5.41, 5.74) is 0. The van der Waals surface area contributed by atoms with Crippen LogP contribution >= 0.6 is 0 Å². The number of allylic oxidation sites excluding steroid dienone is 2. The molecule has 2 rings (SSSR count). The first kappa shape index (κ1) is 11.2. The Morgan fingerprint density at radius 1 is 1.31 bits per heavy atom. The molecule has 0 bridgehead atoms. The lowest BCUT2D eigenvalue weighted by Gasteiger charge is -2.39. The van der Waals surface area contributed by atoms with Crippen LogP contribution in [0.5, 0.6) is 0 Å². The summed E-state index contributed by atoms with van der Waals surface area (Å²) < 4.78 is 0. The van der Waals surface area contributed by atoms with Crippen LogP contribution in [0, 0.1) is 11.8 Å². The molecular weight excluding hydrogens is 206 g/mol. The minimum Gasteiger partial charge on any atom is -0.481 e. The maximum absolute atomic E-state index is 11.8. The van der Waals surface area contributed by atoms with E-state index in [9.17, 15) is 9.59 Å². The van der Waals surface area contributed by atoms with E-state index in [-0.39, 0.29) is 18.2 Å². The Morgan fingerprint density at radius 3 is 2.62 bits per heavy atom. The normalized spacial score (nSPS) is 24.5. The van der Waals surface area contributed by atoms with Crippen LogP contribution in [0.4, 0.5) is 0 Å². The monoisotopic (exact) mass is 223 g/mol. The Kier molecular flexibility index (Phi) is 3.27. The number of amides is 1. The first-order valence-corrected chi connectivity index (χ1v) is 5.81. The van der Waals surface area contributed by atoms with Gasteiger partial charge in [-0.15, -0.1) is 0 Å². The van der Waals surface area contributed by atoms with Crippen LogP contribution in [0.25, 0.3) is 0 Å². The highest BCUT2D eigenvalue weighted by Crippen LogP contribution is 2.25. The van der Waals surface area contributed by atoms with Gasteiger partial charge in [-0.1, -0.05) is 12.2 Å². The fourth-order valence-electron chi connectivity index (χ4n) is 2.37. The summed E-state index contributed by atoms with van der Waals surface area (Å²) in [6, 6.07) is 0. The molecule has 1 heterocycles. The second kappa shape index (κ2) is 4.68. The van der Waals surface area contributed by atoms with Crippen LogP contribution in [-0.4, -0.2) is 35.0 Å². The third kappa shape index (κ3) is 2.62. The van der Waals surface area contributed by atoms with Crippen molar-refractivity contribution < 1.29 is 14.7 Å². The molecule has 88 valence electrons. The molecule has 0 saturated carbocycles. The highest BCUT2D eigenvalue weighted by atomic mass is 16.4. The van der Waals surface area contributed by atoms with Crippen molar-refractivity contribution >= 4 is 11.9 Å². The number of hydrogen-bond acceptors (Lipinski definition) is 2. The highest BCUT2D eigenvalue weighted by molar-refractivity contribution is 5.78. The first-order chi connectivity index (χ1) is 7.65. The molecule has 0 aromatic rings. The number of carbonyl (C=O) groups is 2. The number of likely N-dealkylation sites (tertiary alicyclic amines) is 1. The van der Waals surface area contributed by atoms with Crippen molar-refractivity contribution in [1.29, 1.82) is 0 Å². The molecule has 0 aromatic heterocycles. The first-order valence-electron chi connectivity index (χ1n) is 5.81. The average Bonchev–Trinajstić information content (AvgIpc) is 2.62. The van der Waals surface area contributed by atoms with Gasteiger partial charge in [0.1, 0.15) is 0 Å². The SMILES string of the molecule is O=C(O)CC1CN(C(=O)CC2C=CCC2)C1. The average molecular weight is 223 g/mol. The standard InChI is InChI=1S/C12H17NO3/c14-11(5-9-3-1-2-4-9)13-7-10(8-13)6-12(15)16/h1,3,9-10H,2,4-8H2,(H,15,16). The van der Waals surface area contributed by atoms with Gasteiger partial charge in [-0.05, 0) is 18.8 Å². The molecule has 1 atom stereocenters. The third-order valence-electron chi connectivity index (χ3n) is 3.32. The highest BCUT2D eigenvalue weighted by Gasteiger charge is 2.32. The Morgan fingerprint density at radius 2 is 2.06 bits per heavy atom. The molecule has 1 amide bonds. The third-order valence-corrected chi connectivity index (χ3v) is 3.32. The fourth-order valence-corrected chi connectivity index (χ4v) is 2.37. The van der Waals surface area contributed by atoms with Crippen LogP contribution in [0.3, 0.4) is 0 Å². The summed E-state index contributed by atoms with van der Waals surface area (Å²) in [6.45, 7) is 1.25. The van der Waals surface area contributed by atoms with E-state index in [0.717, 1.165) is 12.8 Å². The molecule has 0 aromatic carbocycles. The Balaban J connectivity index is 1.68. The van der Waals surface area contributed by atoms with E-state index in [1.807, 2.05) is 0 Å². The van der Waals surface area contributed by atoms with Crippen LogP contribution in [-0.2, 0) is 9.59 Å². The number of rotatable bonds is 4. The molecule has 0 radical (unpaired) electrons. The van der Waals surface area contributed by atoms with Gasteiger partial charge in [0.2, 0.25) is 5.91 Å². The van der Waals surface area contributed by atoms with Crippen molar-refractivity contribution in [3.8, 4) is 0 Å². The molecule has 4 heteroatoms. The smallest absolute Gasteiger partial charge is 0.303 e. The summed E-state index contributed by atoms with van der Waals surface area (Å²) in [6.07, 6.45) is 7.19. The lowest BCUT2D eigenvalue weighted by atomic mass is 9.94. The number of carboxylic acids is 1. The molecule has 1 aliphatic carbocycles. The Hall–Kier alpha value is -1.32. The van der Waals surface area contributed by atoms with Crippen molar-refractivity contribution in [2.75, 3.05) is 13.1 Å². The molecule has 4 nitrogen and oxygen atoms in total. The van der Waals surface area contributed by atoms with Crippen molar-refractivity contribution in [3.05, 3.63) is 12.2 Å². The zero-order chi connectivity index (χ0) is 11.5. The van der Waals surface area contributed by atoms with Crippen LogP contribution in [0.2, 0.25) is 0 Å². The maximum Gasteiger partial charge on any atom is 0.303 e. The van der Waals surface area contributed by atoms with Gasteiger partial charge in [0.15, 0.2) is 0 Å². The van der Waals surface area contributed by atoms with E-state index in [1.54, 1.807) is 4.90 Å². The van der Waals surface area contributed by atoms with Crippen LogP contribution in [0.1, 0.15) is 25.7 Å². The molecule has 2 aliphatic rings.